The van der Waals surface area contributed by atoms with Crippen molar-refractivity contribution < 1.29 is 19.8 Å². The van der Waals surface area contributed by atoms with Crippen molar-refractivity contribution in [3.8, 4) is 0 Å². The maximum Gasteiger partial charge on any atom is 0.303 e. The predicted molar refractivity (Wildman–Crippen MR) is 53.3 cm³/mol. The Hall–Kier alpha value is 0.200. The second-order valence-electron chi connectivity index (χ2n) is 3.06. The number of carboxylic acid groups (broad SMARTS) is 2. The van der Waals surface area contributed by atoms with E-state index >= 15 is 0 Å². The van der Waals surface area contributed by atoms with Gasteiger partial charge in [0.2, 0.25) is 0 Å². The quantitative estimate of drug-likeness (QED) is 0.487. The van der Waals surface area contributed by atoms with Crippen molar-refractivity contribution in [3.63, 3.8) is 0 Å². The summed E-state index contributed by atoms with van der Waals surface area (Å²) in [7, 11) is 0. The fourth-order valence-electron chi connectivity index (χ4n) is 1.08. The van der Waals surface area contributed by atoms with E-state index < -0.39 is 11.9 Å². The van der Waals surface area contributed by atoms with Crippen molar-refractivity contribution in [2.75, 3.05) is 0 Å². The van der Waals surface area contributed by atoms with E-state index in [1.54, 1.807) is 0 Å². The summed E-state index contributed by atoms with van der Waals surface area (Å²) in [6.07, 6.45) is 4.53. The van der Waals surface area contributed by atoms with Crippen molar-refractivity contribution in [2.45, 2.75) is 44.9 Å². The van der Waals surface area contributed by atoms with Crippen molar-refractivity contribution in [1.29, 1.82) is 0 Å². The minimum absolute atomic E-state index is 0. The Morgan fingerprint density at radius 1 is 0.714 bits per heavy atom. The van der Waals surface area contributed by atoms with Gasteiger partial charge in [-0.05, 0) is 12.8 Å². The first-order chi connectivity index (χ1) is 6.13. The van der Waals surface area contributed by atoms with Crippen molar-refractivity contribution in [3.05, 3.63) is 0 Å². The summed E-state index contributed by atoms with van der Waals surface area (Å²) in [4.78, 5) is 20.2. The number of rotatable bonds is 8. The van der Waals surface area contributed by atoms with Crippen LogP contribution in [-0.2, 0) is 9.59 Å². The molecule has 14 heavy (non-hydrogen) atoms. The van der Waals surface area contributed by atoms with E-state index in [9.17, 15) is 9.59 Å². The third kappa shape index (κ3) is 14.7. The van der Waals surface area contributed by atoms with Crippen molar-refractivity contribution >= 4 is 49.7 Å². The fourth-order valence-corrected chi connectivity index (χ4v) is 1.08. The molecule has 0 aromatic rings. The molecule has 0 aromatic carbocycles. The molecule has 0 aliphatic carbocycles. The second kappa shape index (κ2) is 11.3. The molecule has 0 aromatic heterocycles. The van der Waals surface area contributed by atoms with Crippen LogP contribution >= 0.6 is 0 Å². The van der Waals surface area contributed by atoms with Crippen LogP contribution in [0.25, 0.3) is 0 Å². The first-order valence-electron chi connectivity index (χ1n) is 4.56. The van der Waals surface area contributed by atoms with Crippen LogP contribution in [0.15, 0.2) is 0 Å². The van der Waals surface area contributed by atoms with Gasteiger partial charge < -0.3 is 10.2 Å². The molecular weight excluding hydrogens is 212 g/mol. The maximum atomic E-state index is 10.1. The zero-order valence-corrected chi connectivity index (χ0v) is 10.6. The van der Waals surface area contributed by atoms with Gasteiger partial charge >= 0.3 is 11.9 Å². The normalized spacial score (nSPS) is 9.14. The molecule has 2 N–H and O–H groups in total. The van der Waals surface area contributed by atoms with Gasteiger partial charge in [0.15, 0.2) is 0 Å². The van der Waals surface area contributed by atoms with Gasteiger partial charge in [0, 0.05) is 50.6 Å². The monoisotopic (exact) mass is 228 g/mol. The molecule has 0 rings (SSSR count). The third-order valence-electron chi connectivity index (χ3n) is 1.78. The molecular formula is C9H16CaO4. The minimum Gasteiger partial charge on any atom is -0.481 e. The fraction of sp³-hybridized carbons (Fsp3) is 0.778. The van der Waals surface area contributed by atoms with Crippen LogP contribution < -0.4 is 0 Å². The summed E-state index contributed by atoms with van der Waals surface area (Å²) >= 11 is 0. The first-order valence-corrected chi connectivity index (χ1v) is 4.56. The molecule has 0 bridgehead atoms. The Kier molecular flexibility index (Phi) is 13.4. The maximum absolute atomic E-state index is 10.1. The Morgan fingerprint density at radius 2 is 1.00 bits per heavy atom. The number of carbonyl (C=O) groups is 2. The summed E-state index contributed by atoms with van der Waals surface area (Å²) in [6, 6.07) is 0. The molecule has 2 radical (unpaired) electrons. The molecule has 0 fully saturated rings. The molecule has 0 saturated heterocycles. The van der Waals surface area contributed by atoms with Gasteiger partial charge in [0.1, 0.15) is 0 Å². The van der Waals surface area contributed by atoms with Crippen LogP contribution in [0.4, 0.5) is 0 Å². The molecule has 0 atom stereocenters. The van der Waals surface area contributed by atoms with Gasteiger partial charge in [-0.15, -0.1) is 0 Å². The molecule has 0 amide bonds. The van der Waals surface area contributed by atoms with Gasteiger partial charge in [-0.1, -0.05) is 19.3 Å². The Morgan fingerprint density at radius 3 is 1.29 bits per heavy atom. The molecule has 0 aliphatic rings. The smallest absolute Gasteiger partial charge is 0.303 e. The number of hydrogen-bond acceptors (Lipinski definition) is 2. The number of hydrogen-bond donors (Lipinski definition) is 2. The number of unbranched alkanes of at least 4 members (excludes halogenated alkanes) is 4. The molecule has 78 valence electrons. The molecule has 0 aliphatic heterocycles. The summed E-state index contributed by atoms with van der Waals surface area (Å²) in [5.74, 6) is -1.52. The van der Waals surface area contributed by atoms with E-state index in [0.29, 0.717) is 12.8 Å². The average Bonchev–Trinajstić information content (AvgIpc) is 2.01. The minimum atomic E-state index is -0.759. The van der Waals surface area contributed by atoms with Crippen molar-refractivity contribution in [2.24, 2.45) is 0 Å². The molecule has 0 unspecified atom stereocenters. The Balaban J connectivity index is 0. The van der Waals surface area contributed by atoms with E-state index in [4.69, 9.17) is 10.2 Å². The van der Waals surface area contributed by atoms with Gasteiger partial charge in [-0.2, -0.15) is 0 Å². The topological polar surface area (TPSA) is 74.6 Å². The van der Waals surface area contributed by atoms with Gasteiger partial charge in [-0.3, -0.25) is 9.59 Å². The third-order valence-corrected chi connectivity index (χ3v) is 1.78. The van der Waals surface area contributed by atoms with Gasteiger partial charge in [0.05, 0.1) is 0 Å². The van der Waals surface area contributed by atoms with Crippen LogP contribution in [0.2, 0.25) is 0 Å². The Labute approximate surface area is 114 Å². The van der Waals surface area contributed by atoms with Crippen LogP contribution in [0.3, 0.4) is 0 Å². The standard InChI is InChI=1S/C9H16O4.Ca/c10-8(11)6-4-2-1-3-5-7-9(12)13;/h1-7H2,(H,10,11)(H,12,13);. The van der Waals surface area contributed by atoms with Crippen LogP contribution in [0.1, 0.15) is 44.9 Å². The summed E-state index contributed by atoms with van der Waals surface area (Å²) in [6.45, 7) is 0. The zero-order chi connectivity index (χ0) is 10.1. The summed E-state index contributed by atoms with van der Waals surface area (Å²) in [5.41, 5.74) is 0. The summed E-state index contributed by atoms with van der Waals surface area (Å²) in [5, 5.41) is 16.6. The summed E-state index contributed by atoms with van der Waals surface area (Å²) < 4.78 is 0. The van der Waals surface area contributed by atoms with Gasteiger partial charge in [0.25, 0.3) is 0 Å². The molecule has 0 heterocycles. The van der Waals surface area contributed by atoms with Crippen LogP contribution in [-0.4, -0.2) is 59.9 Å². The zero-order valence-electron chi connectivity index (χ0n) is 8.37. The molecule has 0 saturated carbocycles. The average molecular weight is 228 g/mol. The molecule has 0 spiro atoms. The van der Waals surface area contributed by atoms with E-state index in [1.165, 1.54) is 0 Å². The van der Waals surface area contributed by atoms with E-state index in [-0.39, 0.29) is 50.6 Å². The first kappa shape index (κ1) is 16.6. The van der Waals surface area contributed by atoms with E-state index in [1.807, 2.05) is 0 Å². The van der Waals surface area contributed by atoms with E-state index in [2.05, 4.69) is 0 Å². The van der Waals surface area contributed by atoms with Crippen LogP contribution in [0, 0.1) is 0 Å². The van der Waals surface area contributed by atoms with Crippen LogP contribution in [0.5, 0.6) is 0 Å². The number of aliphatic carboxylic acids is 2. The largest absolute Gasteiger partial charge is 0.481 e. The van der Waals surface area contributed by atoms with Gasteiger partial charge in [-0.25, -0.2) is 0 Å². The van der Waals surface area contributed by atoms with E-state index in [0.717, 1.165) is 19.3 Å². The SMILES string of the molecule is O=C(O)CCCCCCCC(=O)O.[Ca]. The molecule has 4 nitrogen and oxygen atoms in total. The van der Waals surface area contributed by atoms with Crippen molar-refractivity contribution in [1.82, 2.24) is 0 Å². The Bertz CT molecular complexity index is 152. The predicted octanol–water partition coefficient (Wildman–Crippen LogP) is 1.51. The second-order valence-corrected chi connectivity index (χ2v) is 3.06. The molecule has 5 heteroatoms. The number of carboxylic acids is 2.